The number of amides is 1. The Morgan fingerprint density at radius 1 is 1.21 bits per heavy atom. The maximum Gasteiger partial charge on any atom is 0.251 e. The molecule has 0 N–H and O–H groups in total. The van der Waals surface area contributed by atoms with Gasteiger partial charge in [-0.2, -0.15) is 11.3 Å². The molecular formula is C18H23N3O2S. The number of rotatable bonds is 4. The summed E-state index contributed by atoms with van der Waals surface area (Å²) in [4.78, 5) is 28.3. The molecule has 128 valence electrons. The fourth-order valence-corrected chi connectivity index (χ4v) is 3.75. The maximum absolute atomic E-state index is 12.3. The molecule has 3 heterocycles. The van der Waals surface area contributed by atoms with E-state index < -0.39 is 0 Å². The molecule has 1 aliphatic rings. The quantitative estimate of drug-likeness (QED) is 0.846. The summed E-state index contributed by atoms with van der Waals surface area (Å²) in [6.45, 7) is 2.95. The van der Waals surface area contributed by atoms with Gasteiger partial charge in [-0.05, 0) is 34.4 Å². The van der Waals surface area contributed by atoms with E-state index in [1.807, 2.05) is 6.07 Å². The third kappa shape index (κ3) is 3.76. The molecule has 1 amide bonds. The van der Waals surface area contributed by atoms with Crippen LogP contribution in [0, 0.1) is 0 Å². The zero-order chi connectivity index (χ0) is 17.1. The Morgan fingerprint density at radius 2 is 2.00 bits per heavy atom. The summed E-state index contributed by atoms with van der Waals surface area (Å²) in [5, 5.41) is 4.29. The van der Waals surface area contributed by atoms with E-state index >= 15 is 0 Å². The highest BCUT2D eigenvalue weighted by Crippen LogP contribution is 2.17. The van der Waals surface area contributed by atoms with Crippen molar-refractivity contribution in [1.82, 2.24) is 14.4 Å². The van der Waals surface area contributed by atoms with Crippen molar-refractivity contribution in [3.05, 3.63) is 56.1 Å². The molecule has 1 aliphatic heterocycles. The summed E-state index contributed by atoms with van der Waals surface area (Å²) in [5.74, 6) is -0.0510. The predicted octanol–water partition coefficient (Wildman–Crippen LogP) is 1.60. The van der Waals surface area contributed by atoms with E-state index in [1.54, 1.807) is 36.1 Å². The first-order valence-corrected chi connectivity index (χ1v) is 9.14. The Kier molecular flexibility index (Phi) is 5.16. The molecule has 5 nitrogen and oxygen atoms in total. The monoisotopic (exact) mass is 345 g/mol. The maximum atomic E-state index is 12.3. The van der Waals surface area contributed by atoms with Gasteiger partial charge in [-0.3, -0.25) is 14.5 Å². The molecule has 0 aromatic carbocycles. The largest absolute Gasteiger partial charge is 0.347 e. The van der Waals surface area contributed by atoms with Gasteiger partial charge in [0.05, 0.1) is 0 Å². The fraction of sp³-hybridized carbons (Fsp3) is 0.444. The van der Waals surface area contributed by atoms with Crippen LogP contribution in [0.5, 0.6) is 0 Å². The van der Waals surface area contributed by atoms with Gasteiger partial charge in [0.25, 0.3) is 5.56 Å². The summed E-state index contributed by atoms with van der Waals surface area (Å²) in [6.07, 6.45) is 1.71. The van der Waals surface area contributed by atoms with Gasteiger partial charge < -0.3 is 9.47 Å². The third-order valence-corrected chi connectivity index (χ3v) is 5.26. The number of carbonyl (C=O) groups excluding carboxylic acids is 1. The highest BCUT2D eigenvalue weighted by atomic mass is 32.1. The topological polar surface area (TPSA) is 45.6 Å². The second-order valence-electron chi connectivity index (χ2n) is 6.43. The molecule has 6 heteroatoms. The number of hydrogen-bond acceptors (Lipinski definition) is 4. The molecule has 0 bridgehead atoms. The number of pyridine rings is 1. The Labute approximate surface area is 146 Å². The fourth-order valence-electron chi connectivity index (χ4n) is 3.09. The van der Waals surface area contributed by atoms with E-state index in [9.17, 15) is 9.59 Å². The van der Waals surface area contributed by atoms with Crippen LogP contribution in [0.15, 0.2) is 33.8 Å². The van der Waals surface area contributed by atoms with Crippen molar-refractivity contribution in [3.63, 3.8) is 0 Å². The van der Waals surface area contributed by atoms with Crippen LogP contribution in [0.2, 0.25) is 0 Å². The number of nitrogens with zero attached hydrogens (tertiary/aromatic N) is 3. The molecule has 0 aliphatic carbocycles. The molecule has 0 atom stereocenters. The molecule has 2 aromatic rings. The first kappa shape index (κ1) is 16.9. The smallest absolute Gasteiger partial charge is 0.251 e. The lowest BCUT2D eigenvalue weighted by molar-refractivity contribution is -0.129. The zero-order valence-electron chi connectivity index (χ0n) is 14.2. The van der Waals surface area contributed by atoms with E-state index in [0.717, 1.165) is 38.2 Å². The van der Waals surface area contributed by atoms with Crippen molar-refractivity contribution in [2.75, 3.05) is 27.2 Å². The van der Waals surface area contributed by atoms with Crippen molar-refractivity contribution in [2.45, 2.75) is 25.9 Å². The Balaban J connectivity index is 1.80. The summed E-state index contributed by atoms with van der Waals surface area (Å²) in [6, 6.07) is 5.69. The van der Waals surface area contributed by atoms with Crippen LogP contribution in [0.4, 0.5) is 0 Å². The van der Waals surface area contributed by atoms with Crippen LogP contribution >= 0.6 is 11.3 Å². The average molecular weight is 345 g/mol. The molecule has 0 fully saturated rings. The molecule has 0 saturated carbocycles. The highest BCUT2D eigenvalue weighted by Gasteiger charge is 2.19. The van der Waals surface area contributed by atoms with Crippen molar-refractivity contribution in [1.29, 1.82) is 0 Å². The van der Waals surface area contributed by atoms with E-state index in [1.165, 1.54) is 16.0 Å². The zero-order valence-corrected chi connectivity index (χ0v) is 15.0. The van der Waals surface area contributed by atoms with Gasteiger partial charge in [0, 0.05) is 51.9 Å². The van der Waals surface area contributed by atoms with Crippen LogP contribution in [0.1, 0.15) is 16.8 Å². The summed E-state index contributed by atoms with van der Waals surface area (Å²) in [7, 11) is 3.44. The summed E-state index contributed by atoms with van der Waals surface area (Å²) in [5.41, 5.74) is 3.46. The van der Waals surface area contributed by atoms with Gasteiger partial charge in [0.1, 0.15) is 6.54 Å². The van der Waals surface area contributed by atoms with Gasteiger partial charge in [0.15, 0.2) is 0 Å². The number of fused-ring (bicyclic) bond motifs is 1. The lowest BCUT2D eigenvalue weighted by atomic mass is 10.1. The summed E-state index contributed by atoms with van der Waals surface area (Å²) >= 11 is 1.72. The molecule has 2 aromatic heterocycles. The van der Waals surface area contributed by atoms with E-state index in [4.69, 9.17) is 0 Å². The molecule has 3 rings (SSSR count). The number of aromatic nitrogens is 1. The van der Waals surface area contributed by atoms with Crippen LogP contribution in [0.3, 0.4) is 0 Å². The predicted molar refractivity (Wildman–Crippen MR) is 96.4 cm³/mol. The Bertz CT molecular complexity index is 765. The minimum absolute atomic E-state index is 0.0510. The lowest BCUT2D eigenvalue weighted by Gasteiger charge is -2.19. The molecule has 0 spiro atoms. The standard InChI is InChI=1S/C18H23N3O2S/c1-19(2)18(23)12-21-16-6-9-20(11-14-7-10-24-13-14)8-5-15(16)3-4-17(21)22/h3-4,7,10,13H,5-6,8-9,11-12H2,1-2H3. The second-order valence-corrected chi connectivity index (χ2v) is 7.21. The number of hydrogen-bond donors (Lipinski definition) is 0. The second kappa shape index (κ2) is 7.32. The molecule has 0 unspecified atom stereocenters. The third-order valence-electron chi connectivity index (χ3n) is 4.53. The van der Waals surface area contributed by atoms with Crippen LogP contribution in [-0.2, 0) is 30.7 Å². The number of likely N-dealkylation sites (N-methyl/N-ethyl adjacent to an activating group) is 1. The van der Waals surface area contributed by atoms with Crippen LogP contribution in [-0.4, -0.2) is 47.5 Å². The van der Waals surface area contributed by atoms with Gasteiger partial charge in [-0.15, -0.1) is 0 Å². The molecular weight excluding hydrogens is 322 g/mol. The van der Waals surface area contributed by atoms with E-state index in [-0.39, 0.29) is 18.0 Å². The van der Waals surface area contributed by atoms with Gasteiger partial charge in [-0.1, -0.05) is 6.07 Å². The van der Waals surface area contributed by atoms with Crippen LogP contribution < -0.4 is 5.56 Å². The Hall–Kier alpha value is -1.92. The lowest BCUT2D eigenvalue weighted by Crippen LogP contribution is -2.33. The van der Waals surface area contributed by atoms with Gasteiger partial charge in [-0.25, -0.2) is 0 Å². The Morgan fingerprint density at radius 3 is 2.71 bits per heavy atom. The average Bonchev–Trinajstić information content (AvgIpc) is 2.97. The van der Waals surface area contributed by atoms with Crippen molar-refractivity contribution < 1.29 is 4.79 Å². The van der Waals surface area contributed by atoms with Crippen molar-refractivity contribution in [2.24, 2.45) is 0 Å². The molecule has 0 saturated heterocycles. The van der Waals surface area contributed by atoms with E-state index in [0.29, 0.717) is 0 Å². The van der Waals surface area contributed by atoms with E-state index in [2.05, 4.69) is 21.7 Å². The molecule has 0 radical (unpaired) electrons. The summed E-state index contributed by atoms with van der Waals surface area (Å²) < 4.78 is 1.66. The van der Waals surface area contributed by atoms with Crippen LogP contribution in [0.25, 0.3) is 0 Å². The minimum Gasteiger partial charge on any atom is -0.347 e. The number of carbonyl (C=O) groups is 1. The minimum atomic E-state index is -0.0877. The normalized spacial score (nSPS) is 14.9. The van der Waals surface area contributed by atoms with Gasteiger partial charge in [0.2, 0.25) is 5.91 Å². The highest BCUT2D eigenvalue weighted by molar-refractivity contribution is 7.07. The molecule has 24 heavy (non-hydrogen) atoms. The van der Waals surface area contributed by atoms with Crippen molar-refractivity contribution >= 4 is 17.2 Å². The van der Waals surface area contributed by atoms with Crippen molar-refractivity contribution in [3.8, 4) is 0 Å². The SMILES string of the molecule is CN(C)C(=O)Cn1c2c(ccc1=O)CCN(Cc1ccsc1)CC2. The first-order chi connectivity index (χ1) is 11.5. The number of thiophene rings is 1. The van der Waals surface area contributed by atoms with Gasteiger partial charge >= 0.3 is 0 Å². The first-order valence-electron chi connectivity index (χ1n) is 8.20.